The third-order valence-corrected chi connectivity index (χ3v) is 4.64. The predicted octanol–water partition coefficient (Wildman–Crippen LogP) is 2.04. The van der Waals surface area contributed by atoms with Crippen LogP contribution in [0.25, 0.3) is 11.4 Å². The molecule has 138 valence electrons. The number of pyridine rings is 2. The van der Waals surface area contributed by atoms with E-state index < -0.39 is 0 Å². The zero-order chi connectivity index (χ0) is 18.6. The van der Waals surface area contributed by atoms with Gasteiger partial charge in [-0.1, -0.05) is 6.92 Å². The van der Waals surface area contributed by atoms with Gasteiger partial charge in [-0.15, -0.1) is 0 Å². The van der Waals surface area contributed by atoms with E-state index in [4.69, 9.17) is 0 Å². The van der Waals surface area contributed by atoms with Crippen molar-refractivity contribution in [1.82, 2.24) is 30.5 Å². The van der Waals surface area contributed by atoms with Crippen LogP contribution in [0.5, 0.6) is 0 Å². The van der Waals surface area contributed by atoms with E-state index in [0.717, 1.165) is 30.9 Å². The Morgan fingerprint density at radius 1 is 1.30 bits per heavy atom. The van der Waals surface area contributed by atoms with Gasteiger partial charge in [0.15, 0.2) is 5.82 Å². The molecule has 27 heavy (non-hydrogen) atoms. The van der Waals surface area contributed by atoms with Crippen molar-refractivity contribution in [2.75, 3.05) is 18.0 Å². The molecule has 0 saturated carbocycles. The van der Waals surface area contributed by atoms with Crippen LogP contribution in [-0.4, -0.2) is 44.1 Å². The Kier molecular flexibility index (Phi) is 4.78. The highest BCUT2D eigenvalue weighted by atomic mass is 16.1. The average molecular weight is 363 g/mol. The molecular formula is C19H21N7O. The summed E-state index contributed by atoms with van der Waals surface area (Å²) in [6, 6.07) is 7.24. The Morgan fingerprint density at radius 3 is 2.93 bits per heavy atom. The summed E-state index contributed by atoms with van der Waals surface area (Å²) in [4.78, 5) is 27.5. The van der Waals surface area contributed by atoms with Gasteiger partial charge in [-0.3, -0.25) is 14.9 Å². The fraction of sp³-hybridized carbons (Fsp3) is 0.316. The van der Waals surface area contributed by atoms with Crippen molar-refractivity contribution in [3.63, 3.8) is 0 Å². The molecule has 1 amide bonds. The van der Waals surface area contributed by atoms with Crippen molar-refractivity contribution in [2.24, 2.45) is 5.92 Å². The number of carbonyl (C=O) groups is 1. The van der Waals surface area contributed by atoms with Gasteiger partial charge in [-0.25, -0.2) is 9.97 Å². The van der Waals surface area contributed by atoms with Crippen LogP contribution in [0, 0.1) is 5.92 Å². The molecule has 8 nitrogen and oxygen atoms in total. The fourth-order valence-electron chi connectivity index (χ4n) is 3.15. The van der Waals surface area contributed by atoms with Crippen LogP contribution in [0.1, 0.15) is 29.5 Å². The zero-order valence-corrected chi connectivity index (χ0v) is 15.1. The molecule has 0 spiro atoms. The molecule has 2 N–H and O–H groups in total. The van der Waals surface area contributed by atoms with Gasteiger partial charge in [0.25, 0.3) is 5.91 Å². The van der Waals surface area contributed by atoms with Gasteiger partial charge in [-0.2, -0.15) is 5.10 Å². The van der Waals surface area contributed by atoms with Crippen LogP contribution in [-0.2, 0) is 6.54 Å². The minimum Gasteiger partial charge on any atom is -0.356 e. The van der Waals surface area contributed by atoms with E-state index in [0.29, 0.717) is 23.1 Å². The number of H-pyrrole nitrogens is 1. The van der Waals surface area contributed by atoms with E-state index in [2.05, 4.69) is 42.3 Å². The summed E-state index contributed by atoms with van der Waals surface area (Å²) in [7, 11) is 0. The highest BCUT2D eigenvalue weighted by molar-refractivity contribution is 5.94. The Morgan fingerprint density at radius 2 is 2.15 bits per heavy atom. The lowest BCUT2D eigenvalue weighted by molar-refractivity contribution is 0.0950. The van der Waals surface area contributed by atoms with Crippen LogP contribution < -0.4 is 10.2 Å². The van der Waals surface area contributed by atoms with Crippen molar-refractivity contribution >= 4 is 11.7 Å². The Labute approximate surface area is 157 Å². The SMILES string of the molecule is CC1CCN(c2cc(C(=O)NCc3nc(-c4ccncc4)n[nH]3)ccn2)C1. The van der Waals surface area contributed by atoms with E-state index >= 15 is 0 Å². The Bertz CT molecular complexity index is 925. The monoisotopic (exact) mass is 363 g/mol. The van der Waals surface area contributed by atoms with Crippen molar-refractivity contribution in [1.29, 1.82) is 0 Å². The average Bonchev–Trinajstić information content (AvgIpc) is 3.36. The first-order valence-electron chi connectivity index (χ1n) is 9.00. The first-order chi connectivity index (χ1) is 13.2. The largest absolute Gasteiger partial charge is 0.356 e. The lowest BCUT2D eigenvalue weighted by atomic mass is 10.2. The first-order valence-corrected chi connectivity index (χ1v) is 9.00. The van der Waals surface area contributed by atoms with Gasteiger partial charge in [0.05, 0.1) is 6.54 Å². The number of aromatic nitrogens is 5. The second-order valence-electron chi connectivity index (χ2n) is 6.77. The standard InChI is InChI=1S/C19H21N7O/c1-13-5-9-26(12-13)17-10-15(4-8-21-17)19(27)22-11-16-23-18(25-24-16)14-2-6-20-7-3-14/h2-4,6-8,10,13H,5,9,11-12H2,1H3,(H,22,27)(H,23,24,25). The lowest BCUT2D eigenvalue weighted by Crippen LogP contribution is -2.25. The number of carbonyl (C=O) groups excluding carboxylic acids is 1. The molecule has 0 aromatic carbocycles. The highest BCUT2D eigenvalue weighted by Crippen LogP contribution is 2.22. The summed E-state index contributed by atoms with van der Waals surface area (Å²) in [5.41, 5.74) is 1.46. The number of aromatic amines is 1. The molecule has 0 aliphatic carbocycles. The van der Waals surface area contributed by atoms with Crippen molar-refractivity contribution in [3.8, 4) is 11.4 Å². The van der Waals surface area contributed by atoms with E-state index in [9.17, 15) is 4.79 Å². The predicted molar refractivity (Wildman–Crippen MR) is 101 cm³/mol. The number of rotatable bonds is 5. The fourth-order valence-corrected chi connectivity index (χ4v) is 3.15. The maximum atomic E-state index is 12.5. The molecule has 1 saturated heterocycles. The van der Waals surface area contributed by atoms with Crippen LogP contribution in [0.4, 0.5) is 5.82 Å². The number of hydrogen-bond donors (Lipinski definition) is 2. The van der Waals surface area contributed by atoms with Crippen LogP contribution in [0.3, 0.4) is 0 Å². The summed E-state index contributed by atoms with van der Waals surface area (Å²) >= 11 is 0. The molecule has 3 aromatic rings. The lowest BCUT2D eigenvalue weighted by Gasteiger charge is -2.17. The Hall–Kier alpha value is -3.29. The van der Waals surface area contributed by atoms with Gasteiger partial charge in [-0.05, 0) is 36.6 Å². The quantitative estimate of drug-likeness (QED) is 0.720. The molecule has 1 aliphatic rings. The molecular weight excluding hydrogens is 342 g/mol. The molecule has 1 atom stereocenters. The maximum Gasteiger partial charge on any atom is 0.251 e. The molecule has 4 heterocycles. The van der Waals surface area contributed by atoms with Gasteiger partial charge in [0.1, 0.15) is 11.6 Å². The topological polar surface area (TPSA) is 99.7 Å². The number of hydrogen-bond acceptors (Lipinski definition) is 6. The number of amides is 1. The molecule has 4 rings (SSSR count). The van der Waals surface area contributed by atoms with Gasteiger partial charge < -0.3 is 10.2 Å². The van der Waals surface area contributed by atoms with E-state index in [1.165, 1.54) is 0 Å². The van der Waals surface area contributed by atoms with Crippen molar-refractivity contribution in [2.45, 2.75) is 19.9 Å². The van der Waals surface area contributed by atoms with Crippen molar-refractivity contribution < 1.29 is 4.79 Å². The third kappa shape index (κ3) is 3.94. The first kappa shape index (κ1) is 17.1. The molecule has 3 aromatic heterocycles. The second kappa shape index (κ2) is 7.53. The van der Waals surface area contributed by atoms with E-state index in [1.807, 2.05) is 18.2 Å². The Balaban J connectivity index is 1.39. The summed E-state index contributed by atoms with van der Waals surface area (Å²) in [6.07, 6.45) is 6.22. The molecule has 1 unspecified atom stereocenters. The number of nitrogens with one attached hydrogen (secondary N) is 2. The van der Waals surface area contributed by atoms with Gasteiger partial charge >= 0.3 is 0 Å². The van der Waals surface area contributed by atoms with Gasteiger partial charge in [0, 0.05) is 42.8 Å². The summed E-state index contributed by atoms with van der Waals surface area (Å²) in [6.45, 7) is 4.46. The third-order valence-electron chi connectivity index (χ3n) is 4.64. The summed E-state index contributed by atoms with van der Waals surface area (Å²) in [5, 5.41) is 9.91. The van der Waals surface area contributed by atoms with Gasteiger partial charge in [0.2, 0.25) is 0 Å². The maximum absolute atomic E-state index is 12.5. The zero-order valence-electron chi connectivity index (χ0n) is 15.1. The molecule has 0 radical (unpaired) electrons. The molecule has 1 aliphatic heterocycles. The summed E-state index contributed by atoms with van der Waals surface area (Å²) in [5.74, 6) is 2.53. The minimum absolute atomic E-state index is 0.159. The van der Waals surface area contributed by atoms with E-state index in [-0.39, 0.29) is 12.5 Å². The van der Waals surface area contributed by atoms with E-state index in [1.54, 1.807) is 24.7 Å². The normalized spacial score (nSPS) is 16.5. The second-order valence-corrected chi connectivity index (χ2v) is 6.77. The van der Waals surface area contributed by atoms with Crippen LogP contribution in [0.2, 0.25) is 0 Å². The molecule has 1 fully saturated rings. The van der Waals surface area contributed by atoms with Crippen LogP contribution >= 0.6 is 0 Å². The number of nitrogens with zero attached hydrogens (tertiary/aromatic N) is 5. The molecule has 0 bridgehead atoms. The molecule has 8 heteroatoms. The number of anilines is 1. The van der Waals surface area contributed by atoms with Crippen LogP contribution in [0.15, 0.2) is 42.9 Å². The highest BCUT2D eigenvalue weighted by Gasteiger charge is 2.20. The van der Waals surface area contributed by atoms with Crippen molar-refractivity contribution in [3.05, 3.63) is 54.2 Å². The smallest absolute Gasteiger partial charge is 0.251 e. The summed E-state index contributed by atoms with van der Waals surface area (Å²) < 4.78 is 0. The minimum atomic E-state index is -0.159.